The van der Waals surface area contributed by atoms with Crippen molar-refractivity contribution in [2.45, 2.75) is 19.4 Å². The molecule has 0 bridgehead atoms. The van der Waals surface area contributed by atoms with Crippen LogP contribution in [-0.4, -0.2) is 55.2 Å². The van der Waals surface area contributed by atoms with Gasteiger partial charge in [-0.25, -0.2) is 9.59 Å². The zero-order valence-electron chi connectivity index (χ0n) is 14.9. The molecule has 10 heteroatoms. The van der Waals surface area contributed by atoms with Crippen LogP contribution in [-0.2, 0) is 19.9 Å². The molecule has 2 heterocycles. The number of nitrogens with zero attached hydrogens (tertiary/aromatic N) is 1. The first kappa shape index (κ1) is 18.5. The molecule has 2 N–H and O–H groups in total. The Labute approximate surface area is 154 Å². The van der Waals surface area contributed by atoms with Crippen molar-refractivity contribution < 1.29 is 33.4 Å². The summed E-state index contributed by atoms with van der Waals surface area (Å²) in [7, 11) is 0. The average Bonchev–Trinajstić information content (AvgIpc) is 2.85. The fourth-order valence-corrected chi connectivity index (χ4v) is 2.85. The molecule has 1 atom stereocenters. The molecule has 0 unspecified atom stereocenters. The van der Waals surface area contributed by atoms with Crippen LogP contribution in [0.25, 0.3) is 0 Å². The summed E-state index contributed by atoms with van der Waals surface area (Å²) in [5, 5.41) is 4.53. The SMILES string of the molecule is CCOC(=O)NC(=O)CN1C(=O)N[C@](C)(c2ccc3c(c2)OCCO3)C1=O. The normalized spacial score (nSPS) is 20.9. The Kier molecular flexibility index (Phi) is 4.89. The van der Waals surface area contributed by atoms with Gasteiger partial charge in [0.05, 0.1) is 6.61 Å². The lowest BCUT2D eigenvalue weighted by Crippen LogP contribution is -2.44. The van der Waals surface area contributed by atoms with Gasteiger partial charge in [-0.1, -0.05) is 6.07 Å². The van der Waals surface area contributed by atoms with Crippen molar-refractivity contribution in [1.82, 2.24) is 15.5 Å². The van der Waals surface area contributed by atoms with Crippen LogP contribution in [0.4, 0.5) is 9.59 Å². The van der Waals surface area contributed by atoms with Crippen LogP contribution < -0.4 is 20.1 Å². The number of hydrogen-bond acceptors (Lipinski definition) is 7. The maximum absolute atomic E-state index is 12.8. The van der Waals surface area contributed by atoms with Gasteiger partial charge in [0.1, 0.15) is 25.3 Å². The summed E-state index contributed by atoms with van der Waals surface area (Å²) in [5.74, 6) is -0.428. The lowest BCUT2D eigenvalue weighted by Gasteiger charge is -2.25. The fourth-order valence-electron chi connectivity index (χ4n) is 2.85. The van der Waals surface area contributed by atoms with E-state index in [9.17, 15) is 19.2 Å². The van der Waals surface area contributed by atoms with Gasteiger partial charge in [-0.15, -0.1) is 0 Å². The number of hydrogen-bond donors (Lipinski definition) is 2. The van der Waals surface area contributed by atoms with E-state index in [2.05, 4.69) is 10.1 Å². The van der Waals surface area contributed by atoms with Crippen molar-refractivity contribution in [3.05, 3.63) is 23.8 Å². The smallest absolute Gasteiger partial charge is 0.413 e. The van der Waals surface area contributed by atoms with Gasteiger partial charge in [-0.3, -0.25) is 19.8 Å². The van der Waals surface area contributed by atoms with Crippen LogP contribution in [0.1, 0.15) is 19.4 Å². The number of rotatable bonds is 4. The summed E-state index contributed by atoms with van der Waals surface area (Å²) in [6.45, 7) is 3.41. The van der Waals surface area contributed by atoms with Crippen LogP contribution in [0.2, 0.25) is 0 Å². The number of urea groups is 1. The largest absolute Gasteiger partial charge is 0.486 e. The van der Waals surface area contributed by atoms with E-state index in [0.717, 1.165) is 4.90 Å². The van der Waals surface area contributed by atoms with E-state index in [-0.39, 0.29) is 6.61 Å². The first-order valence-corrected chi connectivity index (χ1v) is 8.36. The maximum Gasteiger partial charge on any atom is 0.413 e. The molecule has 27 heavy (non-hydrogen) atoms. The summed E-state index contributed by atoms with van der Waals surface area (Å²) in [5.41, 5.74) is -0.893. The molecule has 1 saturated heterocycles. The van der Waals surface area contributed by atoms with Gasteiger partial charge < -0.3 is 19.5 Å². The van der Waals surface area contributed by atoms with Gasteiger partial charge in [0.15, 0.2) is 11.5 Å². The van der Waals surface area contributed by atoms with Crippen LogP contribution in [0, 0.1) is 0 Å². The molecular formula is C17H19N3O7. The summed E-state index contributed by atoms with van der Waals surface area (Å²) in [6.07, 6.45) is -0.941. The van der Waals surface area contributed by atoms with Crippen LogP contribution >= 0.6 is 0 Å². The number of carbonyl (C=O) groups excluding carboxylic acids is 4. The number of fused-ring (bicyclic) bond motifs is 1. The first-order chi connectivity index (χ1) is 12.8. The molecular weight excluding hydrogens is 358 g/mol. The quantitative estimate of drug-likeness (QED) is 0.732. The Balaban J connectivity index is 1.76. The molecule has 144 valence electrons. The predicted octanol–water partition coefficient (Wildman–Crippen LogP) is 0.498. The van der Waals surface area contributed by atoms with E-state index in [1.54, 1.807) is 25.1 Å². The topological polar surface area (TPSA) is 123 Å². The number of imide groups is 2. The number of ether oxygens (including phenoxy) is 3. The van der Waals surface area contributed by atoms with Gasteiger partial charge >= 0.3 is 12.1 Å². The second kappa shape index (κ2) is 7.14. The zero-order chi connectivity index (χ0) is 19.6. The fraction of sp³-hybridized carbons (Fsp3) is 0.412. The highest BCUT2D eigenvalue weighted by molar-refractivity contribution is 6.10. The standard InChI is InChI=1S/C17H19N3O7/c1-3-25-16(24)18-13(21)9-20-14(22)17(2,19-15(20)23)10-4-5-11-12(8-10)27-7-6-26-11/h4-5,8H,3,6-7,9H2,1-2H3,(H,19,23)(H,18,21,24)/t17-/m1/s1. The third-order valence-corrected chi connectivity index (χ3v) is 4.21. The predicted molar refractivity (Wildman–Crippen MR) is 90.2 cm³/mol. The van der Waals surface area contributed by atoms with Gasteiger partial charge in [0, 0.05) is 0 Å². The maximum atomic E-state index is 12.8. The molecule has 0 aromatic heterocycles. The Morgan fingerprint density at radius 3 is 2.67 bits per heavy atom. The molecule has 0 spiro atoms. The van der Waals surface area contributed by atoms with Crippen molar-refractivity contribution in [1.29, 1.82) is 0 Å². The molecule has 1 fully saturated rings. The lowest BCUT2D eigenvalue weighted by atomic mass is 9.91. The Bertz CT molecular complexity index is 810. The first-order valence-electron chi connectivity index (χ1n) is 8.36. The second-order valence-electron chi connectivity index (χ2n) is 6.07. The molecule has 0 saturated carbocycles. The van der Waals surface area contributed by atoms with Crippen molar-refractivity contribution in [2.75, 3.05) is 26.4 Å². The summed E-state index contributed by atoms with van der Waals surface area (Å²) in [6, 6.07) is 4.18. The Morgan fingerprint density at radius 1 is 1.26 bits per heavy atom. The average molecular weight is 377 g/mol. The Morgan fingerprint density at radius 2 is 1.96 bits per heavy atom. The van der Waals surface area contributed by atoms with E-state index in [1.165, 1.54) is 6.92 Å². The molecule has 10 nitrogen and oxygen atoms in total. The van der Waals surface area contributed by atoms with Crippen molar-refractivity contribution >= 4 is 23.9 Å². The highest BCUT2D eigenvalue weighted by atomic mass is 16.6. The number of nitrogens with one attached hydrogen (secondary N) is 2. The second-order valence-corrected chi connectivity index (χ2v) is 6.07. The van der Waals surface area contributed by atoms with Gasteiger partial charge in [-0.05, 0) is 31.5 Å². The third kappa shape index (κ3) is 3.50. The van der Waals surface area contributed by atoms with Gasteiger partial charge in [-0.2, -0.15) is 0 Å². The highest BCUT2D eigenvalue weighted by Gasteiger charge is 2.49. The van der Waals surface area contributed by atoms with Crippen molar-refractivity contribution in [3.8, 4) is 11.5 Å². The van der Waals surface area contributed by atoms with E-state index in [1.807, 2.05) is 5.32 Å². The van der Waals surface area contributed by atoms with Gasteiger partial charge in [0.2, 0.25) is 5.91 Å². The minimum absolute atomic E-state index is 0.0877. The molecule has 2 aliphatic rings. The molecule has 3 rings (SSSR count). The monoisotopic (exact) mass is 377 g/mol. The molecule has 0 aliphatic carbocycles. The summed E-state index contributed by atoms with van der Waals surface area (Å²) in [4.78, 5) is 49.0. The third-order valence-electron chi connectivity index (χ3n) is 4.21. The number of benzene rings is 1. The van der Waals surface area contributed by atoms with E-state index in [4.69, 9.17) is 9.47 Å². The molecule has 0 radical (unpaired) electrons. The van der Waals surface area contributed by atoms with E-state index >= 15 is 0 Å². The summed E-state index contributed by atoms with van der Waals surface area (Å²) < 4.78 is 15.6. The minimum Gasteiger partial charge on any atom is -0.486 e. The van der Waals surface area contributed by atoms with Gasteiger partial charge in [0.25, 0.3) is 5.91 Å². The number of carbonyl (C=O) groups is 4. The van der Waals surface area contributed by atoms with Crippen LogP contribution in [0.3, 0.4) is 0 Å². The highest BCUT2D eigenvalue weighted by Crippen LogP contribution is 2.36. The molecule has 1 aromatic rings. The lowest BCUT2D eigenvalue weighted by molar-refractivity contribution is -0.134. The molecule has 2 aliphatic heterocycles. The van der Waals surface area contributed by atoms with Crippen LogP contribution in [0.15, 0.2) is 18.2 Å². The zero-order valence-corrected chi connectivity index (χ0v) is 14.9. The van der Waals surface area contributed by atoms with E-state index < -0.39 is 36.0 Å². The van der Waals surface area contributed by atoms with Crippen molar-refractivity contribution in [3.63, 3.8) is 0 Å². The minimum atomic E-state index is -1.38. The summed E-state index contributed by atoms with van der Waals surface area (Å²) >= 11 is 0. The number of amides is 5. The molecule has 5 amide bonds. The van der Waals surface area contributed by atoms with Crippen LogP contribution in [0.5, 0.6) is 11.5 Å². The molecule has 1 aromatic carbocycles. The van der Waals surface area contributed by atoms with Crippen molar-refractivity contribution in [2.24, 2.45) is 0 Å². The number of alkyl carbamates (subject to hydrolysis) is 1. The Hall–Kier alpha value is -3.30. The van der Waals surface area contributed by atoms with E-state index in [0.29, 0.717) is 30.3 Å².